The number of nitrogens with zero attached hydrogens (tertiary/aromatic N) is 4. The van der Waals surface area contributed by atoms with Gasteiger partial charge in [-0.25, -0.2) is 4.98 Å². The molecule has 0 spiro atoms. The first kappa shape index (κ1) is 19.0. The Morgan fingerprint density at radius 1 is 0.839 bits per heavy atom. The van der Waals surface area contributed by atoms with Crippen molar-refractivity contribution >= 4 is 39.1 Å². The van der Waals surface area contributed by atoms with Crippen LogP contribution in [-0.2, 0) is 0 Å². The highest BCUT2D eigenvalue weighted by Gasteiger charge is 2.26. The zero-order valence-electron chi connectivity index (χ0n) is 16.0. The van der Waals surface area contributed by atoms with E-state index in [0.29, 0.717) is 5.75 Å². The summed E-state index contributed by atoms with van der Waals surface area (Å²) in [5.74, 6) is 0.356. The van der Waals surface area contributed by atoms with Gasteiger partial charge in [-0.2, -0.15) is 4.98 Å². The Labute approximate surface area is 180 Å². The van der Waals surface area contributed by atoms with Gasteiger partial charge in [0, 0.05) is 16.5 Å². The van der Waals surface area contributed by atoms with E-state index in [1.165, 1.54) is 6.33 Å². The molecule has 5 rings (SSSR count). The van der Waals surface area contributed by atoms with Crippen LogP contribution in [-0.4, -0.2) is 19.9 Å². The summed E-state index contributed by atoms with van der Waals surface area (Å²) in [5, 5.41) is 15.1. The monoisotopic (exact) mass is 426 g/mol. The summed E-state index contributed by atoms with van der Waals surface area (Å²) < 4.78 is 5.82. The summed E-state index contributed by atoms with van der Waals surface area (Å²) in [6.45, 7) is 0. The molecular weight excluding hydrogens is 412 g/mol. The summed E-state index contributed by atoms with van der Waals surface area (Å²) in [4.78, 5) is 24.8. The molecule has 0 aliphatic carbocycles. The molecule has 0 amide bonds. The van der Waals surface area contributed by atoms with Gasteiger partial charge in [-0.3, -0.25) is 15.1 Å². The highest BCUT2D eigenvalue weighted by molar-refractivity contribution is 7.99. The van der Waals surface area contributed by atoms with E-state index in [0.717, 1.165) is 38.3 Å². The molecule has 0 saturated heterocycles. The number of pyridine rings is 1. The number of nitro groups is 1. The van der Waals surface area contributed by atoms with Crippen molar-refractivity contribution in [3.8, 4) is 11.6 Å². The van der Waals surface area contributed by atoms with Gasteiger partial charge in [0.1, 0.15) is 12.1 Å². The van der Waals surface area contributed by atoms with Gasteiger partial charge in [0.25, 0.3) is 0 Å². The molecule has 31 heavy (non-hydrogen) atoms. The zero-order chi connectivity index (χ0) is 21.2. The summed E-state index contributed by atoms with van der Waals surface area (Å²) in [6, 6.07) is 22.7. The number of para-hydroxylation sites is 1. The van der Waals surface area contributed by atoms with Crippen LogP contribution in [0.4, 0.5) is 5.69 Å². The van der Waals surface area contributed by atoms with Crippen molar-refractivity contribution in [1.82, 2.24) is 15.0 Å². The third kappa shape index (κ3) is 3.76. The highest BCUT2D eigenvalue weighted by atomic mass is 32.2. The summed E-state index contributed by atoms with van der Waals surface area (Å²) >= 11 is 1.16. The van der Waals surface area contributed by atoms with Gasteiger partial charge in [-0.1, -0.05) is 60.3 Å². The average Bonchev–Trinajstić information content (AvgIpc) is 2.79. The zero-order valence-corrected chi connectivity index (χ0v) is 16.8. The Bertz CT molecular complexity index is 1440. The Hall–Kier alpha value is -4.04. The first-order chi connectivity index (χ1) is 15.2. The number of benzene rings is 3. The standard InChI is InChI=1S/C23H14N4O3S/c28-27(29)21-22(30-18-11-10-15-5-1-2-6-17(15)13-18)25-14-26-23(21)31-19-9-3-7-16-8-4-12-24-20(16)19/h1-14H. The van der Waals surface area contributed by atoms with Gasteiger partial charge in [0.2, 0.25) is 0 Å². The molecule has 0 aliphatic rings. The summed E-state index contributed by atoms with van der Waals surface area (Å²) in [6.07, 6.45) is 2.96. The van der Waals surface area contributed by atoms with Crippen LogP contribution in [0.1, 0.15) is 0 Å². The van der Waals surface area contributed by atoms with Crippen LogP contribution in [0.25, 0.3) is 21.7 Å². The molecule has 0 radical (unpaired) electrons. The highest BCUT2D eigenvalue weighted by Crippen LogP contribution is 2.41. The van der Waals surface area contributed by atoms with Gasteiger partial charge < -0.3 is 4.74 Å². The largest absolute Gasteiger partial charge is 0.434 e. The maximum atomic E-state index is 11.9. The fraction of sp³-hybridized carbons (Fsp3) is 0. The van der Waals surface area contributed by atoms with Crippen molar-refractivity contribution in [3.63, 3.8) is 0 Å². The Kier molecular flexibility index (Phi) is 4.89. The van der Waals surface area contributed by atoms with Gasteiger partial charge in [-0.15, -0.1) is 0 Å². The lowest BCUT2D eigenvalue weighted by molar-refractivity contribution is -0.389. The minimum absolute atomic E-state index is 0.106. The molecule has 3 aromatic carbocycles. The van der Waals surface area contributed by atoms with E-state index in [-0.39, 0.29) is 16.6 Å². The van der Waals surface area contributed by atoms with Crippen LogP contribution in [0, 0.1) is 10.1 Å². The molecule has 2 aromatic heterocycles. The smallest absolute Gasteiger partial charge is 0.363 e. The lowest BCUT2D eigenvalue weighted by atomic mass is 10.1. The molecule has 7 nitrogen and oxygen atoms in total. The minimum atomic E-state index is -0.517. The number of fused-ring (bicyclic) bond motifs is 2. The van der Waals surface area contributed by atoms with Crippen LogP contribution < -0.4 is 4.74 Å². The fourth-order valence-electron chi connectivity index (χ4n) is 3.26. The van der Waals surface area contributed by atoms with E-state index < -0.39 is 4.92 Å². The Morgan fingerprint density at radius 2 is 1.65 bits per heavy atom. The van der Waals surface area contributed by atoms with Crippen molar-refractivity contribution in [2.24, 2.45) is 0 Å². The van der Waals surface area contributed by atoms with E-state index in [2.05, 4.69) is 15.0 Å². The van der Waals surface area contributed by atoms with E-state index in [1.807, 2.05) is 66.7 Å². The van der Waals surface area contributed by atoms with Crippen molar-refractivity contribution in [3.05, 3.63) is 95.4 Å². The van der Waals surface area contributed by atoms with Crippen molar-refractivity contribution < 1.29 is 9.66 Å². The topological polar surface area (TPSA) is 91.0 Å². The number of ether oxygens (including phenoxy) is 1. The van der Waals surface area contributed by atoms with E-state index in [1.54, 1.807) is 12.3 Å². The number of aromatic nitrogens is 3. The predicted octanol–water partition coefficient (Wildman–Crippen LogP) is 6.03. The Balaban J connectivity index is 1.54. The van der Waals surface area contributed by atoms with Gasteiger partial charge in [0.05, 0.1) is 10.4 Å². The van der Waals surface area contributed by atoms with Crippen molar-refractivity contribution in [2.45, 2.75) is 9.92 Å². The summed E-state index contributed by atoms with van der Waals surface area (Å²) in [7, 11) is 0. The third-order valence-electron chi connectivity index (χ3n) is 4.68. The molecular formula is C23H14N4O3S. The van der Waals surface area contributed by atoms with E-state index >= 15 is 0 Å². The van der Waals surface area contributed by atoms with Crippen LogP contribution in [0.15, 0.2) is 95.2 Å². The lowest BCUT2D eigenvalue weighted by Gasteiger charge is -2.09. The van der Waals surface area contributed by atoms with Crippen LogP contribution in [0.3, 0.4) is 0 Å². The quantitative estimate of drug-likeness (QED) is 0.192. The second kappa shape index (κ2) is 8.00. The van der Waals surface area contributed by atoms with E-state index in [9.17, 15) is 10.1 Å². The first-order valence-electron chi connectivity index (χ1n) is 9.37. The molecule has 2 heterocycles. The first-order valence-corrected chi connectivity index (χ1v) is 10.2. The van der Waals surface area contributed by atoms with Gasteiger partial charge >= 0.3 is 11.6 Å². The molecule has 0 atom stereocenters. The number of hydrogen-bond acceptors (Lipinski definition) is 7. The molecule has 5 aromatic rings. The van der Waals surface area contributed by atoms with Crippen molar-refractivity contribution in [2.75, 3.05) is 0 Å². The van der Waals surface area contributed by atoms with Crippen LogP contribution >= 0.6 is 11.8 Å². The molecule has 0 bridgehead atoms. The predicted molar refractivity (Wildman–Crippen MR) is 119 cm³/mol. The van der Waals surface area contributed by atoms with E-state index in [4.69, 9.17) is 4.74 Å². The normalized spacial score (nSPS) is 11.0. The molecule has 0 fully saturated rings. The molecule has 8 heteroatoms. The minimum Gasteiger partial charge on any atom is -0.434 e. The third-order valence-corrected chi connectivity index (χ3v) is 5.72. The van der Waals surface area contributed by atoms with Crippen LogP contribution in [0.2, 0.25) is 0 Å². The maximum Gasteiger partial charge on any atom is 0.363 e. The second-order valence-corrected chi connectivity index (χ2v) is 7.66. The van der Waals surface area contributed by atoms with Crippen molar-refractivity contribution in [1.29, 1.82) is 0 Å². The molecule has 0 N–H and O–H groups in total. The number of hydrogen-bond donors (Lipinski definition) is 0. The fourth-order valence-corrected chi connectivity index (χ4v) is 4.24. The average molecular weight is 426 g/mol. The second-order valence-electron chi connectivity index (χ2n) is 6.63. The number of rotatable bonds is 5. The molecule has 150 valence electrons. The molecule has 0 aliphatic heterocycles. The Morgan fingerprint density at radius 3 is 2.52 bits per heavy atom. The summed E-state index contributed by atoms with van der Waals surface area (Å²) in [5.41, 5.74) is 0.466. The molecule has 0 unspecified atom stereocenters. The lowest BCUT2D eigenvalue weighted by Crippen LogP contribution is -2.00. The van der Waals surface area contributed by atoms with Crippen LogP contribution in [0.5, 0.6) is 11.6 Å². The molecule has 0 saturated carbocycles. The SMILES string of the molecule is O=[N+]([O-])c1c(Oc2ccc3ccccc3c2)ncnc1Sc1cccc2cccnc12. The van der Waals surface area contributed by atoms with Gasteiger partial charge in [-0.05, 0) is 35.0 Å². The van der Waals surface area contributed by atoms with Gasteiger partial charge in [0.15, 0.2) is 5.03 Å². The maximum absolute atomic E-state index is 11.9.